The van der Waals surface area contributed by atoms with E-state index in [4.69, 9.17) is 0 Å². The summed E-state index contributed by atoms with van der Waals surface area (Å²) in [6.07, 6.45) is 5.96. The Labute approximate surface area is 142 Å². The molecule has 0 unspecified atom stereocenters. The van der Waals surface area contributed by atoms with E-state index >= 15 is 0 Å². The summed E-state index contributed by atoms with van der Waals surface area (Å²) in [4.78, 5) is 11.0. The molecule has 2 saturated heterocycles. The molecular formula is C17H20N4O2S. The summed E-state index contributed by atoms with van der Waals surface area (Å²) >= 11 is 0. The van der Waals surface area contributed by atoms with Crippen molar-refractivity contribution in [3.63, 3.8) is 0 Å². The van der Waals surface area contributed by atoms with Gasteiger partial charge in [-0.3, -0.25) is 4.98 Å². The first-order valence-corrected chi connectivity index (χ1v) is 9.60. The van der Waals surface area contributed by atoms with Gasteiger partial charge in [-0.05, 0) is 30.9 Å². The van der Waals surface area contributed by atoms with Gasteiger partial charge in [0.15, 0.2) is 0 Å². The average molecular weight is 344 g/mol. The van der Waals surface area contributed by atoms with Gasteiger partial charge < -0.3 is 4.90 Å². The SMILES string of the molecule is Cc1ccccc1S(=O)(=O)N1CC[C@@H]2CN(c3cnccn3)[C@@H]2C1. The second kappa shape index (κ2) is 5.82. The summed E-state index contributed by atoms with van der Waals surface area (Å²) in [5.74, 6) is 1.37. The van der Waals surface area contributed by atoms with E-state index < -0.39 is 10.0 Å². The summed E-state index contributed by atoms with van der Waals surface area (Å²) in [6, 6.07) is 7.37. The van der Waals surface area contributed by atoms with E-state index in [0.29, 0.717) is 23.9 Å². The van der Waals surface area contributed by atoms with Crippen LogP contribution in [-0.2, 0) is 10.0 Å². The van der Waals surface area contributed by atoms with E-state index in [1.165, 1.54) is 0 Å². The lowest BCUT2D eigenvalue weighted by Crippen LogP contribution is -2.65. The van der Waals surface area contributed by atoms with Crippen LogP contribution in [0.15, 0.2) is 47.8 Å². The minimum absolute atomic E-state index is 0.189. The van der Waals surface area contributed by atoms with Crippen molar-refractivity contribution in [1.82, 2.24) is 14.3 Å². The highest BCUT2D eigenvalue weighted by Crippen LogP contribution is 2.37. The Kier molecular flexibility index (Phi) is 3.77. The van der Waals surface area contributed by atoms with Crippen LogP contribution in [0.3, 0.4) is 0 Å². The molecule has 0 amide bonds. The van der Waals surface area contributed by atoms with E-state index in [0.717, 1.165) is 24.3 Å². The van der Waals surface area contributed by atoms with Crippen LogP contribution in [0.4, 0.5) is 5.82 Å². The van der Waals surface area contributed by atoms with Crippen molar-refractivity contribution in [3.8, 4) is 0 Å². The summed E-state index contributed by atoms with van der Waals surface area (Å²) in [5, 5.41) is 0. The molecule has 2 aliphatic rings. The van der Waals surface area contributed by atoms with E-state index in [-0.39, 0.29) is 6.04 Å². The predicted molar refractivity (Wildman–Crippen MR) is 91.2 cm³/mol. The number of anilines is 1. The van der Waals surface area contributed by atoms with Crippen LogP contribution in [-0.4, -0.2) is 48.4 Å². The molecule has 2 aromatic rings. The zero-order valence-electron chi connectivity index (χ0n) is 13.5. The predicted octanol–water partition coefficient (Wildman–Crippen LogP) is 1.68. The number of fused-ring (bicyclic) bond motifs is 1. The number of nitrogens with zero attached hydrogens (tertiary/aromatic N) is 4. The van der Waals surface area contributed by atoms with E-state index in [1.54, 1.807) is 35.0 Å². The Morgan fingerprint density at radius 3 is 2.75 bits per heavy atom. The summed E-state index contributed by atoms with van der Waals surface area (Å²) in [6.45, 7) is 3.88. The molecular weight excluding hydrogens is 324 g/mol. The van der Waals surface area contributed by atoms with Crippen molar-refractivity contribution in [2.75, 3.05) is 24.5 Å². The molecule has 3 heterocycles. The minimum Gasteiger partial charge on any atom is -0.350 e. The van der Waals surface area contributed by atoms with Crippen LogP contribution in [0.1, 0.15) is 12.0 Å². The van der Waals surface area contributed by atoms with Crippen LogP contribution in [0.5, 0.6) is 0 Å². The average Bonchev–Trinajstić information content (AvgIpc) is 2.57. The van der Waals surface area contributed by atoms with Crippen LogP contribution < -0.4 is 4.90 Å². The molecule has 7 heteroatoms. The van der Waals surface area contributed by atoms with Gasteiger partial charge in [-0.1, -0.05) is 18.2 Å². The third-order valence-electron chi connectivity index (χ3n) is 5.07. The van der Waals surface area contributed by atoms with E-state index in [9.17, 15) is 8.42 Å². The molecule has 0 aliphatic carbocycles. The van der Waals surface area contributed by atoms with Gasteiger partial charge in [-0.15, -0.1) is 0 Å². The number of hydrogen-bond donors (Lipinski definition) is 0. The van der Waals surface area contributed by atoms with Gasteiger partial charge in [0.2, 0.25) is 10.0 Å². The molecule has 126 valence electrons. The molecule has 24 heavy (non-hydrogen) atoms. The Morgan fingerprint density at radius 1 is 1.17 bits per heavy atom. The lowest BCUT2D eigenvalue weighted by Gasteiger charge is -2.53. The van der Waals surface area contributed by atoms with Crippen molar-refractivity contribution in [1.29, 1.82) is 0 Å². The van der Waals surface area contributed by atoms with Gasteiger partial charge in [0.1, 0.15) is 5.82 Å². The highest BCUT2D eigenvalue weighted by Gasteiger charge is 2.46. The smallest absolute Gasteiger partial charge is 0.243 e. The molecule has 4 rings (SSSR count). The maximum absolute atomic E-state index is 13.0. The molecule has 0 saturated carbocycles. The molecule has 2 fully saturated rings. The monoisotopic (exact) mass is 344 g/mol. The highest BCUT2D eigenvalue weighted by molar-refractivity contribution is 7.89. The largest absolute Gasteiger partial charge is 0.350 e. The number of sulfonamides is 1. The fourth-order valence-electron chi connectivity index (χ4n) is 3.67. The van der Waals surface area contributed by atoms with Gasteiger partial charge >= 0.3 is 0 Å². The third-order valence-corrected chi connectivity index (χ3v) is 7.10. The number of piperidine rings is 1. The fraction of sp³-hybridized carbons (Fsp3) is 0.412. The zero-order valence-corrected chi connectivity index (χ0v) is 14.4. The van der Waals surface area contributed by atoms with Crippen molar-refractivity contribution < 1.29 is 8.42 Å². The van der Waals surface area contributed by atoms with Gasteiger partial charge in [0, 0.05) is 38.1 Å². The van der Waals surface area contributed by atoms with Crippen molar-refractivity contribution in [3.05, 3.63) is 48.4 Å². The van der Waals surface area contributed by atoms with E-state index in [1.807, 2.05) is 19.1 Å². The maximum atomic E-state index is 13.0. The standard InChI is InChI=1S/C17H20N4O2S/c1-13-4-2-3-5-16(13)24(22,23)20-9-6-14-11-21(15(14)12-20)17-10-18-7-8-19-17/h2-5,7-8,10,14-15H,6,9,11-12H2,1H3/t14-,15-/m1/s1. The molecule has 0 bridgehead atoms. The van der Waals surface area contributed by atoms with E-state index in [2.05, 4.69) is 14.9 Å². The van der Waals surface area contributed by atoms with Gasteiger partial charge in [-0.25, -0.2) is 13.4 Å². The van der Waals surface area contributed by atoms with Crippen LogP contribution in [0, 0.1) is 12.8 Å². The Morgan fingerprint density at radius 2 is 2.00 bits per heavy atom. The minimum atomic E-state index is -3.45. The number of benzene rings is 1. The van der Waals surface area contributed by atoms with Gasteiger partial charge in [0.05, 0.1) is 11.1 Å². The molecule has 1 aromatic carbocycles. The Hall–Kier alpha value is -1.99. The number of rotatable bonds is 3. The molecule has 2 aliphatic heterocycles. The molecule has 6 nitrogen and oxygen atoms in total. The summed E-state index contributed by atoms with van der Waals surface area (Å²) in [5.41, 5.74) is 0.791. The highest BCUT2D eigenvalue weighted by atomic mass is 32.2. The fourth-order valence-corrected chi connectivity index (χ4v) is 5.37. The zero-order chi connectivity index (χ0) is 16.7. The van der Waals surface area contributed by atoms with Crippen LogP contribution >= 0.6 is 0 Å². The molecule has 0 N–H and O–H groups in total. The lowest BCUT2D eigenvalue weighted by atomic mass is 9.83. The first-order valence-electron chi connectivity index (χ1n) is 8.16. The maximum Gasteiger partial charge on any atom is 0.243 e. The van der Waals surface area contributed by atoms with Crippen LogP contribution in [0.2, 0.25) is 0 Å². The third kappa shape index (κ3) is 2.48. The van der Waals surface area contributed by atoms with Crippen molar-refractivity contribution in [2.24, 2.45) is 5.92 Å². The quantitative estimate of drug-likeness (QED) is 0.848. The summed E-state index contributed by atoms with van der Waals surface area (Å²) in [7, 11) is -3.45. The summed E-state index contributed by atoms with van der Waals surface area (Å²) < 4.78 is 27.6. The molecule has 2 atom stereocenters. The first-order chi connectivity index (χ1) is 11.6. The molecule has 0 spiro atoms. The van der Waals surface area contributed by atoms with Crippen molar-refractivity contribution in [2.45, 2.75) is 24.3 Å². The van der Waals surface area contributed by atoms with Gasteiger partial charge in [0.25, 0.3) is 0 Å². The first kappa shape index (κ1) is 15.5. The lowest BCUT2D eigenvalue weighted by molar-refractivity contribution is 0.170. The van der Waals surface area contributed by atoms with Crippen molar-refractivity contribution >= 4 is 15.8 Å². The second-order valence-corrected chi connectivity index (χ2v) is 8.37. The van der Waals surface area contributed by atoms with Crippen LogP contribution in [0.25, 0.3) is 0 Å². The Balaban J connectivity index is 1.57. The normalized spacial score (nSPS) is 24.3. The number of aromatic nitrogens is 2. The number of hydrogen-bond acceptors (Lipinski definition) is 5. The molecule has 0 radical (unpaired) electrons. The topological polar surface area (TPSA) is 66.4 Å². The van der Waals surface area contributed by atoms with Gasteiger partial charge in [-0.2, -0.15) is 4.31 Å². The second-order valence-electron chi connectivity index (χ2n) is 6.46. The molecule has 1 aromatic heterocycles. The Bertz CT molecular complexity index is 841. The number of aryl methyl sites for hydroxylation is 1.